The van der Waals surface area contributed by atoms with E-state index >= 15 is 0 Å². The van der Waals surface area contributed by atoms with Crippen LogP contribution in [0.15, 0.2) is 53.0 Å². The lowest BCUT2D eigenvalue weighted by Gasteiger charge is -2.06. The minimum absolute atomic E-state index is 0.0180. The number of aryl methyl sites for hydroxylation is 1. The van der Waals surface area contributed by atoms with Crippen LogP contribution in [0.1, 0.15) is 11.1 Å². The molecular formula is C18H15BrN2O2. The van der Waals surface area contributed by atoms with Crippen LogP contribution >= 0.6 is 15.9 Å². The minimum Gasteiger partial charge on any atom is -0.479 e. The maximum atomic E-state index is 12.0. The van der Waals surface area contributed by atoms with E-state index in [1.54, 1.807) is 18.2 Å². The number of nitrogens with zero attached hydrogens (tertiary/aromatic N) is 1. The maximum absolute atomic E-state index is 12.0. The quantitative estimate of drug-likeness (QED) is 0.797. The number of rotatable bonds is 5. The van der Waals surface area contributed by atoms with Gasteiger partial charge in [-0.2, -0.15) is 5.26 Å². The number of benzene rings is 2. The summed E-state index contributed by atoms with van der Waals surface area (Å²) >= 11 is 3.39. The third kappa shape index (κ3) is 5.28. The monoisotopic (exact) mass is 370 g/mol. The van der Waals surface area contributed by atoms with E-state index in [4.69, 9.17) is 10.00 Å². The second-order valence-corrected chi connectivity index (χ2v) is 5.71. The third-order valence-electron chi connectivity index (χ3n) is 3.06. The molecular weight excluding hydrogens is 356 g/mol. The van der Waals surface area contributed by atoms with Gasteiger partial charge in [-0.3, -0.25) is 4.79 Å². The highest BCUT2D eigenvalue weighted by Crippen LogP contribution is 2.20. The normalized spacial score (nSPS) is 10.3. The molecule has 116 valence electrons. The molecule has 2 aromatic carbocycles. The van der Waals surface area contributed by atoms with Crippen molar-refractivity contribution >= 4 is 33.6 Å². The molecule has 4 nitrogen and oxygen atoms in total. The number of ether oxygens (including phenoxy) is 1. The van der Waals surface area contributed by atoms with E-state index in [1.165, 1.54) is 6.08 Å². The van der Waals surface area contributed by atoms with E-state index in [0.717, 1.165) is 21.3 Å². The standard InChI is InChI=1S/C18H15BrN2O2/c1-13-12-15(19)5-8-17(13)21-18(22)9-4-14-2-6-16(7-3-14)23-11-10-20/h2-9,12H,11H2,1H3,(H,21,22)/b9-4+. The first kappa shape index (κ1) is 16.8. The van der Waals surface area contributed by atoms with Crippen molar-refractivity contribution in [3.63, 3.8) is 0 Å². The zero-order valence-electron chi connectivity index (χ0n) is 12.5. The third-order valence-corrected chi connectivity index (χ3v) is 3.55. The van der Waals surface area contributed by atoms with E-state index in [2.05, 4.69) is 21.2 Å². The van der Waals surface area contributed by atoms with E-state index in [1.807, 2.05) is 43.3 Å². The van der Waals surface area contributed by atoms with Gasteiger partial charge in [0.25, 0.3) is 0 Å². The summed E-state index contributed by atoms with van der Waals surface area (Å²) in [4.78, 5) is 12.0. The second kappa shape index (κ2) is 8.16. The molecule has 0 aromatic heterocycles. The van der Waals surface area contributed by atoms with E-state index in [9.17, 15) is 4.79 Å². The second-order valence-electron chi connectivity index (χ2n) is 4.80. The molecule has 0 saturated carbocycles. The summed E-state index contributed by atoms with van der Waals surface area (Å²) in [5, 5.41) is 11.3. The molecule has 0 aliphatic carbocycles. The van der Waals surface area contributed by atoms with Gasteiger partial charge in [-0.15, -0.1) is 0 Å². The molecule has 1 amide bonds. The van der Waals surface area contributed by atoms with E-state index in [0.29, 0.717) is 5.75 Å². The Labute approximate surface area is 143 Å². The van der Waals surface area contributed by atoms with E-state index in [-0.39, 0.29) is 12.5 Å². The Balaban J connectivity index is 1.96. The average Bonchev–Trinajstić information content (AvgIpc) is 2.54. The summed E-state index contributed by atoms with van der Waals surface area (Å²) in [6, 6.07) is 14.7. The Morgan fingerprint density at radius 3 is 2.70 bits per heavy atom. The summed E-state index contributed by atoms with van der Waals surface area (Å²) in [6.07, 6.45) is 3.20. The van der Waals surface area contributed by atoms with Crippen molar-refractivity contribution in [2.45, 2.75) is 6.92 Å². The van der Waals surface area contributed by atoms with Crippen molar-refractivity contribution in [3.05, 3.63) is 64.1 Å². The fraction of sp³-hybridized carbons (Fsp3) is 0.111. The molecule has 0 radical (unpaired) electrons. The summed E-state index contributed by atoms with van der Waals surface area (Å²) in [6.45, 7) is 1.95. The Morgan fingerprint density at radius 2 is 2.04 bits per heavy atom. The summed E-state index contributed by atoms with van der Waals surface area (Å²) in [5.74, 6) is 0.430. The highest BCUT2D eigenvalue weighted by molar-refractivity contribution is 9.10. The van der Waals surface area contributed by atoms with Crippen LogP contribution in [0.25, 0.3) is 6.08 Å². The van der Waals surface area contributed by atoms with Gasteiger partial charge in [0, 0.05) is 16.2 Å². The molecule has 0 saturated heterocycles. The topological polar surface area (TPSA) is 62.1 Å². The fourth-order valence-corrected chi connectivity index (χ4v) is 2.38. The van der Waals surface area contributed by atoms with Crippen molar-refractivity contribution < 1.29 is 9.53 Å². The minimum atomic E-state index is -0.194. The van der Waals surface area contributed by atoms with Crippen molar-refractivity contribution in [2.24, 2.45) is 0 Å². The van der Waals surface area contributed by atoms with Gasteiger partial charge in [-0.25, -0.2) is 0 Å². The number of nitrogens with one attached hydrogen (secondary N) is 1. The van der Waals surface area contributed by atoms with Gasteiger partial charge in [-0.1, -0.05) is 28.1 Å². The van der Waals surface area contributed by atoms with Gasteiger partial charge in [0.2, 0.25) is 5.91 Å². The summed E-state index contributed by atoms with van der Waals surface area (Å²) in [7, 11) is 0. The highest BCUT2D eigenvalue weighted by Gasteiger charge is 2.02. The number of anilines is 1. The van der Waals surface area contributed by atoms with Crippen molar-refractivity contribution in [1.29, 1.82) is 5.26 Å². The molecule has 0 bridgehead atoms. The largest absolute Gasteiger partial charge is 0.479 e. The molecule has 2 aromatic rings. The molecule has 0 spiro atoms. The van der Waals surface area contributed by atoms with Gasteiger partial charge in [0.15, 0.2) is 6.61 Å². The Bertz CT molecular complexity index is 762. The summed E-state index contributed by atoms with van der Waals surface area (Å²) in [5.41, 5.74) is 2.64. The van der Waals surface area contributed by atoms with Gasteiger partial charge >= 0.3 is 0 Å². The predicted molar refractivity (Wildman–Crippen MR) is 94.1 cm³/mol. The lowest BCUT2D eigenvalue weighted by atomic mass is 10.2. The number of hydrogen-bond acceptors (Lipinski definition) is 3. The molecule has 0 atom stereocenters. The van der Waals surface area contributed by atoms with Gasteiger partial charge in [0.1, 0.15) is 11.8 Å². The Hall–Kier alpha value is -2.58. The molecule has 5 heteroatoms. The van der Waals surface area contributed by atoms with Crippen LogP contribution in [0.5, 0.6) is 5.75 Å². The number of nitriles is 1. The lowest BCUT2D eigenvalue weighted by Crippen LogP contribution is -2.08. The van der Waals surface area contributed by atoms with Crippen LogP contribution < -0.4 is 10.1 Å². The smallest absolute Gasteiger partial charge is 0.248 e. The van der Waals surface area contributed by atoms with Gasteiger partial charge in [0.05, 0.1) is 0 Å². The maximum Gasteiger partial charge on any atom is 0.248 e. The molecule has 2 rings (SSSR count). The van der Waals surface area contributed by atoms with Crippen molar-refractivity contribution in [1.82, 2.24) is 0 Å². The van der Waals surface area contributed by atoms with Crippen LogP contribution in [0.4, 0.5) is 5.69 Å². The number of amides is 1. The van der Waals surface area contributed by atoms with Crippen molar-refractivity contribution in [2.75, 3.05) is 11.9 Å². The van der Waals surface area contributed by atoms with Crippen LogP contribution in [-0.4, -0.2) is 12.5 Å². The average molecular weight is 371 g/mol. The highest BCUT2D eigenvalue weighted by atomic mass is 79.9. The Morgan fingerprint density at radius 1 is 1.30 bits per heavy atom. The summed E-state index contributed by atoms with van der Waals surface area (Å²) < 4.78 is 6.14. The van der Waals surface area contributed by atoms with Gasteiger partial charge in [-0.05, 0) is 54.5 Å². The number of carbonyl (C=O) groups excluding carboxylic acids is 1. The van der Waals surface area contributed by atoms with Crippen molar-refractivity contribution in [3.8, 4) is 11.8 Å². The molecule has 0 aliphatic rings. The molecule has 0 heterocycles. The SMILES string of the molecule is Cc1cc(Br)ccc1NC(=O)/C=C/c1ccc(OCC#N)cc1. The predicted octanol–water partition coefficient (Wildman–Crippen LogP) is 4.31. The molecule has 0 unspecified atom stereocenters. The van der Waals surface area contributed by atoms with Crippen LogP contribution in [0.2, 0.25) is 0 Å². The first-order valence-electron chi connectivity index (χ1n) is 6.93. The number of carbonyl (C=O) groups is 1. The van der Waals surface area contributed by atoms with Gasteiger partial charge < -0.3 is 10.1 Å². The molecule has 1 N–H and O–H groups in total. The van der Waals surface area contributed by atoms with Crippen LogP contribution in [0, 0.1) is 18.3 Å². The molecule has 0 fully saturated rings. The fourth-order valence-electron chi connectivity index (χ4n) is 1.90. The van der Waals surface area contributed by atoms with E-state index < -0.39 is 0 Å². The van der Waals surface area contributed by atoms with Crippen LogP contribution in [0.3, 0.4) is 0 Å². The zero-order valence-corrected chi connectivity index (χ0v) is 14.1. The Kier molecular flexibility index (Phi) is 5.95. The van der Waals surface area contributed by atoms with Crippen LogP contribution in [-0.2, 0) is 4.79 Å². The number of halogens is 1. The first-order chi connectivity index (χ1) is 11.1. The lowest BCUT2D eigenvalue weighted by molar-refractivity contribution is -0.111. The number of hydrogen-bond donors (Lipinski definition) is 1. The first-order valence-corrected chi connectivity index (χ1v) is 7.73. The zero-order chi connectivity index (χ0) is 16.7. The molecule has 0 aliphatic heterocycles. The molecule has 23 heavy (non-hydrogen) atoms.